The molecule has 3 rings (SSSR count). The molecule has 4 heteroatoms. The van der Waals surface area contributed by atoms with Crippen molar-refractivity contribution < 1.29 is 9.90 Å². The van der Waals surface area contributed by atoms with Gasteiger partial charge in [0, 0.05) is 13.1 Å². The van der Waals surface area contributed by atoms with Crippen molar-refractivity contribution in [3.63, 3.8) is 0 Å². The van der Waals surface area contributed by atoms with E-state index >= 15 is 0 Å². The summed E-state index contributed by atoms with van der Waals surface area (Å²) in [6.45, 7) is 1.38. The number of nitrogens with one attached hydrogen (secondary N) is 1. The number of fused-ring (bicyclic) bond motifs is 1. The van der Waals surface area contributed by atoms with Crippen molar-refractivity contribution in [3.8, 4) is 0 Å². The summed E-state index contributed by atoms with van der Waals surface area (Å²) in [6.07, 6.45) is 5.49. The Bertz CT molecular complexity index is 501. The van der Waals surface area contributed by atoms with Gasteiger partial charge < -0.3 is 15.3 Å². The monoisotopic (exact) mass is 274 g/mol. The van der Waals surface area contributed by atoms with Crippen LogP contribution in [-0.2, 0) is 19.4 Å². The number of rotatable bonds is 3. The van der Waals surface area contributed by atoms with Crippen LogP contribution >= 0.6 is 0 Å². The molecule has 4 nitrogen and oxygen atoms in total. The Morgan fingerprint density at radius 2 is 2.15 bits per heavy atom. The van der Waals surface area contributed by atoms with E-state index in [1.807, 2.05) is 0 Å². The minimum atomic E-state index is -0.0537. The molecule has 2 aliphatic rings. The second kappa shape index (κ2) is 5.83. The second-order valence-electron chi connectivity index (χ2n) is 5.79. The van der Waals surface area contributed by atoms with Gasteiger partial charge in [-0.15, -0.1) is 0 Å². The van der Waals surface area contributed by atoms with Crippen LogP contribution in [0.15, 0.2) is 18.2 Å². The number of benzene rings is 1. The molecule has 1 aliphatic heterocycles. The predicted molar refractivity (Wildman–Crippen MR) is 77.5 cm³/mol. The Hall–Kier alpha value is -1.55. The standard InChI is InChI=1S/C16H22N2O2/c19-11-15-5-2-8-18(15)16(20)17-10-12-6-7-13-3-1-4-14(13)9-12/h6-7,9,15,19H,1-5,8,10-11H2,(H,17,20). The van der Waals surface area contributed by atoms with Gasteiger partial charge in [-0.2, -0.15) is 0 Å². The number of aryl methyl sites for hydroxylation is 2. The zero-order chi connectivity index (χ0) is 13.9. The maximum absolute atomic E-state index is 12.1. The summed E-state index contributed by atoms with van der Waals surface area (Å²) in [6, 6.07) is 6.46. The lowest BCUT2D eigenvalue weighted by molar-refractivity contribution is 0.157. The molecule has 1 aromatic carbocycles. The third kappa shape index (κ3) is 2.66. The van der Waals surface area contributed by atoms with Crippen molar-refractivity contribution in [3.05, 3.63) is 34.9 Å². The van der Waals surface area contributed by atoms with Crippen LogP contribution in [0.3, 0.4) is 0 Å². The highest BCUT2D eigenvalue weighted by atomic mass is 16.3. The summed E-state index contributed by atoms with van der Waals surface area (Å²) >= 11 is 0. The highest BCUT2D eigenvalue weighted by Gasteiger charge is 2.27. The van der Waals surface area contributed by atoms with Gasteiger partial charge in [0.2, 0.25) is 0 Å². The molecule has 0 spiro atoms. The van der Waals surface area contributed by atoms with Crippen molar-refractivity contribution in [1.82, 2.24) is 10.2 Å². The molecule has 1 heterocycles. The maximum Gasteiger partial charge on any atom is 0.317 e. The van der Waals surface area contributed by atoms with Gasteiger partial charge in [0.25, 0.3) is 0 Å². The maximum atomic E-state index is 12.1. The van der Waals surface area contributed by atoms with Crippen LogP contribution in [0.1, 0.15) is 36.0 Å². The number of aliphatic hydroxyl groups is 1. The molecule has 1 atom stereocenters. The van der Waals surface area contributed by atoms with E-state index < -0.39 is 0 Å². The van der Waals surface area contributed by atoms with Crippen LogP contribution < -0.4 is 5.32 Å². The summed E-state index contributed by atoms with van der Waals surface area (Å²) in [4.78, 5) is 13.9. The van der Waals surface area contributed by atoms with E-state index in [0.717, 1.165) is 25.8 Å². The van der Waals surface area contributed by atoms with Crippen molar-refractivity contribution in [2.24, 2.45) is 0 Å². The summed E-state index contributed by atoms with van der Waals surface area (Å²) in [7, 11) is 0. The average Bonchev–Trinajstić information content (AvgIpc) is 3.12. The second-order valence-corrected chi connectivity index (χ2v) is 5.79. The van der Waals surface area contributed by atoms with E-state index in [4.69, 9.17) is 0 Å². The molecule has 1 unspecified atom stereocenters. The summed E-state index contributed by atoms with van der Waals surface area (Å²) in [5.74, 6) is 0. The molecule has 0 radical (unpaired) electrons. The Morgan fingerprint density at radius 3 is 3.00 bits per heavy atom. The van der Waals surface area contributed by atoms with Crippen LogP contribution in [0.2, 0.25) is 0 Å². The highest BCUT2D eigenvalue weighted by molar-refractivity contribution is 5.74. The topological polar surface area (TPSA) is 52.6 Å². The third-order valence-corrected chi connectivity index (χ3v) is 4.46. The number of hydrogen-bond donors (Lipinski definition) is 2. The zero-order valence-corrected chi connectivity index (χ0v) is 11.8. The third-order valence-electron chi connectivity index (χ3n) is 4.46. The molecule has 1 fully saturated rings. The number of aliphatic hydroxyl groups excluding tert-OH is 1. The van der Waals surface area contributed by atoms with E-state index in [9.17, 15) is 9.90 Å². The van der Waals surface area contributed by atoms with Crippen molar-refractivity contribution in [2.45, 2.75) is 44.7 Å². The van der Waals surface area contributed by atoms with Crippen LogP contribution in [0.5, 0.6) is 0 Å². The fourth-order valence-electron chi connectivity index (χ4n) is 3.31. The molecule has 1 saturated heterocycles. The Balaban J connectivity index is 1.58. The molecule has 20 heavy (non-hydrogen) atoms. The summed E-state index contributed by atoms with van der Waals surface area (Å²) in [5.41, 5.74) is 4.06. The van der Waals surface area contributed by atoms with Gasteiger partial charge in [0.15, 0.2) is 0 Å². The highest BCUT2D eigenvalue weighted by Crippen LogP contribution is 2.23. The number of hydrogen-bond acceptors (Lipinski definition) is 2. The van der Waals surface area contributed by atoms with Gasteiger partial charge in [-0.1, -0.05) is 18.2 Å². The largest absolute Gasteiger partial charge is 0.394 e. The molecule has 1 aromatic rings. The number of carbonyl (C=O) groups excluding carboxylic acids is 1. The summed E-state index contributed by atoms with van der Waals surface area (Å²) in [5, 5.41) is 12.2. The van der Waals surface area contributed by atoms with Crippen LogP contribution in [0, 0.1) is 0 Å². The number of carbonyl (C=O) groups is 1. The normalized spacial score (nSPS) is 21.1. The molecule has 0 bridgehead atoms. The fraction of sp³-hybridized carbons (Fsp3) is 0.562. The van der Waals surface area contributed by atoms with Crippen molar-refractivity contribution >= 4 is 6.03 Å². The summed E-state index contributed by atoms with van der Waals surface area (Å²) < 4.78 is 0. The SMILES string of the molecule is O=C(NCc1ccc2c(c1)CCC2)N1CCCC1CO. The van der Waals surface area contributed by atoms with Crippen molar-refractivity contribution in [2.75, 3.05) is 13.2 Å². The van der Waals surface area contributed by atoms with E-state index in [1.165, 1.54) is 29.5 Å². The first-order valence-electron chi connectivity index (χ1n) is 7.54. The molecular formula is C16H22N2O2. The van der Waals surface area contributed by atoms with E-state index in [-0.39, 0.29) is 18.7 Å². The van der Waals surface area contributed by atoms with Crippen LogP contribution in [0.4, 0.5) is 4.79 Å². The Morgan fingerprint density at radius 1 is 1.30 bits per heavy atom. The first kappa shape index (κ1) is 13.4. The number of amides is 2. The van der Waals surface area contributed by atoms with Gasteiger partial charge in [-0.25, -0.2) is 4.79 Å². The molecule has 1 aliphatic carbocycles. The number of urea groups is 1. The quantitative estimate of drug-likeness (QED) is 0.883. The lowest BCUT2D eigenvalue weighted by atomic mass is 10.1. The number of nitrogens with zero attached hydrogens (tertiary/aromatic N) is 1. The predicted octanol–water partition coefficient (Wildman–Crippen LogP) is 1.84. The average molecular weight is 274 g/mol. The molecule has 108 valence electrons. The van der Waals surface area contributed by atoms with E-state index in [0.29, 0.717) is 6.54 Å². The van der Waals surface area contributed by atoms with E-state index in [2.05, 4.69) is 23.5 Å². The van der Waals surface area contributed by atoms with E-state index in [1.54, 1.807) is 4.90 Å². The van der Waals surface area contributed by atoms with Gasteiger partial charge in [-0.3, -0.25) is 0 Å². The molecule has 2 amide bonds. The van der Waals surface area contributed by atoms with Gasteiger partial charge in [-0.05, 0) is 48.8 Å². The van der Waals surface area contributed by atoms with Crippen molar-refractivity contribution in [1.29, 1.82) is 0 Å². The molecular weight excluding hydrogens is 252 g/mol. The van der Waals surface area contributed by atoms with Gasteiger partial charge >= 0.3 is 6.03 Å². The van der Waals surface area contributed by atoms with Crippen LogP contribution in [-0.4, -0.2) is 35.2 Å². The van der Waals surface area contributed by atoms with Gasteiger partial charge in [0.05, 0.1) is 12.6 Å². The molecule has 0 saturated carbocycles. The smallest absolute Gasteiger partial charge is 0.317 e. The number of likely N-dealkylation sites (tertiary alicyclic amines) is 1. The Kier molecular flexibility index (Phi) is 3.92. The van der Waals surface area contributed by atoms with Gasteiger partial charge in [0.1, 0.15) is 0 Å². The first-order chi connectivity index (χ1) is 9.78. The first-order valence-corrected chi connectivity index (χ1v) is 7.54. The zero-order valence-electron chi connectivity index (χ0n) is 11.8. The Labute approximate surface area is 119 Å². The molecule has 0 aromatic heterocycles. The van der Waals surface area contributed by atoms with Crippen LogP contribution in [0.25, 0.3) is 0 Å². The minimum Gasteiger partial charge on any atom is -0.394 e. The molecule has 2 N–H and O–H groups in total. The fourth-order valence-corrected chi connectivity index (χ4v) is 3.31. The minimum absolute atomic E-state index is 0.00461. The lowest BCUT2D eigenvalue weighted by Gasteiger charge is -2.23. The lowest BCUT2D eigenvalue weighted by Crippen LogP contribution is -2.43.